The van der Waals surface area contributed by atoms with Crippen molar-refractivity contribution in [3.8, 4) is 0 Å². The second-order valence-corrected chi connectivity index (χ2v) is 3.90. The van der Waals surface area contributed by atoms with Crippen LogP contribution in [-0.2, 0) is 4.84 Å². The molecule has 6 heteroatoms. The highest BCUT2D eigenvalue weighted by atomic mass is 35.5. The molecule has 0 aromatic heterocycles. The molecule has 0 bridgehead atoms. The van der Waals surface area contributed by atoms with Crippen molar-refractivity contribution in [2.75, 3.05) is 6.61 Å². The Bertz CT molecular complexity index is 172. The largest absolute Gasteiger partial charge is 0.377 e. The zero-order valence-corrected chi connectivity index (χ0v) is 8.45. The van der Waals surface area contributed by atoms with Crippen LogP contribution >= 0.6 is 11.6 Å². The molecule has 0 aliphatic heterocycles. The summed E-state index contributed by atoms with van der Waals surface area (Å²) in [5.74, 6) is 0. The van der Waals surface area contributed by atoms with Crippen molar-refractivity contribution in [1.29, 1.82) is 0 Å². The minimum absolute atomic E-state index is 0.0417. The average molecular weight is 212 g/mol. The molecule has 0 fully saturated rings. The van der Waals surface area contributed by atoms with Crippen LogP contribution in [0.3, 0.4) is 0 Å². The van der Waals surface area contributed by atoms with E-state index in [1.54, 1.807) is 13.8 Å². The number of hydrogen-bond acceptors (Lipinski definition) is 4. The first-order chi connectivity index (χ1) is 5.86. The molecular formula is C7H14ClNO4. The van der Waals surface area contributed by atoms with Gasteiger partial charge in [0.2, 0.25) is 0 Å². The van der Waals surface area contributed by atoms with Crippen molar-refractivity contribution in [3.63, 3.8) is 0 Å². The molecule has 0 radical (unpaired) electrons. The summed E-state index contributed by atoms with van der Waals surface area (Å²) in [6, 6.07) is 0. The van der Waals surface area contributed by atoms with Gasteiger partial charge in [-0.2, -0.15) is 0 Å². The predicted octanol–water partition coefficient (Wildman–Crippen LogP) is 1.56. The molecule has 0 spiro atoms. The molecule has 1 N–H and O–H groups in total. The van der Waals surface area contributed by atoms with Gasteiger partial charge in [0, 0.05) is 5.41 Å². The van der Waals surface area contributed by atoms with Gasteiger partial charge in [-0.3, -0.25) is 0 Å². The molecule has 0 aromatic rings. The molecule has 1 atom stereocenters. The zero-order valence-electron chi connectivity index (χ0n) is 7.70. The molecule has 0 aliphatic carbocycles. The number of halogens is 1. The van der Waals surface area contributed by atoms with Gasteiger partial charge in [-0.05, 0) is 12.8 Å². The Morgan fingerprint density at radius 1 is 1.69 bits per heavy atom. The normalized spacial score (nSPS) is 13.8. The van der Waals surface area contributed by atoms with Gasteiger partial charge in [0.1, 0.15) is 5.56 Å². The van der Waals surface area contributed by atoms with Gasteiger partial charge in [0.15, 0.2) is 0 Å². The lowest BCUT2D eigenvalue weighted by Gasteiger charge is -2.25. The summed E-state index contributed by atoms with van der Waals surface area (Å²) in [5, 5.41) is 18.0. The average Bonchev–Trinajstić information content (AvgIpc) is 1.97. The lowest BCUT2D eigenvalue weighted by atomic mass is 9.89. The highest BCUT2D eigenvalue weighted by molar-refractivity contribution is 6.19. The highest BCUT2D eigenvalue weighted by Crippen LogP contribution is 2.28. The zero-order chi connectivity index (χ0) is 10.5. The van der Waals surface area contributed by atoms with Crippen molar-refractivity contribution < 1.29 is 15.0 Å². The van der Waals surface area contributed by atoms with E-state index in [0.717, 1.165) is 0 Å². The predicted molar refractivity (Wildman–Crippen MR) is 47.8 cm³/mol. The van der Waals surface area contributed by atoms with Crippen LogP contribution in [0, 0.1) is 15.5 Å². The molecule has 0 saturated carbocycles. The van der Waals surface area contributed by atoms with Crippen LogP contribution in [0.25, 0.3) is 0 Å². The molecule has 0 amide bonds. The van der Waals surface area contributed by atoms with Crippen LogP contribution in [0.1, 0.15) is 26.7 Å². The lowest BCUT2D eigenvalue weighted by molar-refractivity contribution is -0.757. The van der Waals surface area contributed by atoms with E-state index in [2.05, 4.69) is 4.84 Å². The van der Waals surface area contributed by atoms with Crippen molar-refractivity contribution in [1.82, 2.24) is 0 Å². The molecule has 78 valence electrons. The Labute approximate surface area is 81.7 Å². The third kappa shape index (κ3) is 5.65. The van der Waals surface area contributed by atoms with E-state index in [0.29, 0.717) is 12.8 Å². The molecular weight excluding hydrogens is 198 g/mol. The van der Waals surface area contributed by atoms with Gasteiger partial charge < -0.3 is 9.94 Å². The number of aliphatic hydroxyl groups excluding tert-OH is 1. The number of alkyl halides is 1. The highest BCUT2D eigenvalue weighted by Gasteiger charge is 2.25. The monoisotopic (exact) mass is 211 g/mol. The van der Waals surface area contributed by atoms with Crippen molar-refractivity contribution in [2.24, 2.45) is 5.41 Å². The Balaban J connectivity index is 3.58. The number of hydrogen-bond donors (Lipinski definition) is 1. The first kappa shape index (κ1) is 12.4. The molecule has 0 aliphatic rings. The fraction of sp³-hybridized carbons (Fsp3) is 1.00. The molecule has 5 nitrogen and oxygen atoms in total. The Morgan fingerprint density at radius 2 is 2.23 bits per heavy atom. The van der Waals surface area contributed by atoms with E-state index in [9.17, 15) is 10.1 Å². The van der Waals surface area contributed by atoms with Gasteiger partial charge in [0.25, 0.3) is 5.09 Å². The third-order valence-corrected chi connectivity index (χ3v) is 2.40. The minimum Gasteiger partial charge on any atom is -0.377 e. The van der Waals surface area contributed by atoms with Crippen LogP contribution in [0.4, 0.5) is 0 Å². The van der Waals surface area contributed by atoms with E-state index < -0.39 is 16.1 Å². The maximum atomic E-state index is 9.77. The summed E-state index contributed by atoms with van der Waals surface area (Å²) >= 11 is 5.49. The second kappa shape index (κ2) is 5.24. The van der Waals surface area contributed by atoms with Gasteiger partial charge >= 0.3 is 0 Å². The summed E-state index contributed by atoms with van der Waals surface area (Å²) in [7, 11) is 0. The number of rotatable bonds is 6. The van der Waals surface area contributed by atoms with Gasteiger partial charge in [-0.15, -0.1) is 10.1 Å². The van der Waals surface area contributed by atoms with E-state index in [-0.39, 0.29) is 6.61 Å². The summed E-state index contributed by atoms with van der Waals surface area (Å²) in [6.45, 7) is 3.62. The topological polar surface area (TPSA) is 72.6 Å². The Hall–Kier alpha value is -0.550. The van der Waals surface area contributed by atoms with E-state index in [1.807, 2.05) is 0 Å². The fourth-order valence-electron chi connectivity index (χ4n) is 0.786. The maximum absolute atomic E-state index is 9.77. The summed E-state index contributed by atoms with van der Waals surface area (Å²) < 4.78 is 0. The van der Waals surface area contributed by atoms with Crippen LogP contribution in [-0.4, -0.2) is 22.4 Å². The lowest BCUT2D eigenvalue weighted by Crippen LogP contribution is -2.24. The Kier molecular flexibility index (Phi) is 5.02. The summed E-state index contributed by atoms with van der Waals surface area (Å²) in [6.07, 6.45) is 1.07. The SMILES string of the molecule is CC(C)(CCCO[N+](=O)[O-])C(O)Cl. The maximum Gasteiger partial charge on any atom is 0.294 e. The van der Waals surface area contributed by atoms with Gasteiger partial charge in [0.05, 0.1) is 6.61 Å². The fourth-order valence-corrected chi connectivity index (χ4v) is 0.895. The Morgan fingerprint density at radius 3 is 2.62 bits per heavy atom. The quantitative estimate of drug-likeness (QED) is 0.313. The van der Waals surface area contributed by atoms with E-state index in [1.165, 1.54) is 0 Å². The molecule has 13 heavy (non-hydrogen) atoms. The molecule has 0 aromatic carbocycles. The minimum atomic E-state index is -0.942. The number of nitrogens with zero attached hydrogens (tertiary/aromatic N) is 1. The van der Waals surface area contributed by atoms with E-state index in [4.69, 9.17) is 16.7 Å². The van der Waals surface area contributed by atoms with Crippen LogP contribution < -0.4 is 0 Å². The van der Waals surface area contributed by atoms with Crippen molar-refractivity contribution >= 4 is 11.6 Å². The molecule has 1 unspecified atom stereocenters. The van der Waals surface area contributed by atoms with Crippen LogP contribution in [0.2, 0.25) is 0 Å². The standard InChI is InChI=1S/C7H14ClNO4/c1-7(2,6(8)10)4-3-5-13-9(11)12/h6,10H,3-5H2,1-2H3. The molecule has 0 rings (SSSR count). The van der Waals surface area contributed by atoms with Crippen LogP contribution in [0.15, 0.2) is 0 Å². The van der Waals surface area contributed by atoms with Crippen molar-refractivity contribution in [3.05, 3.63) is 10.1 Å². The van der Waals surface area contributed by atoms with Gasteiger partial charge in [-0.25, -0.2) is 0 Å². The van der Waals surface area contributed by atoms with E-state index >= 15 is 0 Å². The molecule has 0 heterocycles. The van der Waals surface area contributed by atoms with Crippen LogP contribution in [0.5, 0.6) is 0 Å². The third-order valence-electron chi connectivity index (χ3n) is 1.81. The second-order valence-electron chi connectivity index (χ2n) is 3.48. The summed E-state index contributed by atoms with van der Waals surface area (Å²) in [5.41, 5.74) is -1.38. The first-order valence-electron chi connectivity index (χ1n) is 3.96. The van der Waals surface area contributed by atoms with Crippen molar-refractivity contribution in [2.45, 2.75) is 32.3 Å². The smallest absolute Gasteiger partial charge is 0.294 e. The first-order valence-corrected chi connectivity index (χ1v) is 4.39. The van der Waals surface area contributed by atoms with Gasteiger partial charge in [-0.1, -0.05) is 25.4 Å². The number of aliphatic hydroxyl groups is 1. The molecule has 0 saturated heterocycles. The summed E-state index contributed by atoms with van der Waals surface area (Å²) in [4.78, 5) is 13.9.